The van der Waals surface area contributed by atoms with Gasteiger partial charge in [0.25, 0.3) is 0 Å². The van der Waals surface area contributed by atoms with Crippen molar-refractivity contribution in [1.29, 1.82) is 10.5 Å². The van der Waals surface area contributed by atoms with Gasteiger partial charge in [-0.05, 0) is 38.8 Å². The molecule has 3 aromatic rings. The Kier molecular flexibility index (Phi) is 6.74. The predicted octanol–water partition coefficient (Wildman–Crippen LogP) is 4.03. The molecule has 1 aromatic carbocycles. The van der Waals surface area contributed by atoms with E-state index in [4.69, 9.17) is 0 Å². The van der Waals surface area contributed by atoms with Crippen LogP contribution >= 0.6 is 11.8 Å². The van der Waals surface area contributed by atoms with Crippen LogP contribution in [-0.2, 0) is 11.3 Å². The fourth-order valence-electron chi connectivity index (χ4n) is 3.31. The summed E-state index contributed by atoms with van der Waals surface area (Å²) in [5, 5.41) is 22.5. The van der Waals surface area contributed by atoms with Gasteiger partial charge >= 0.3 is 0 Å². The Bertz CT molecular complexity index is 1220. The maximum Gasteiger partial charge on any atom is 0.235 e. The average molecular weight is 431 g/mol. The number of nitriles is 2. The van der Waals surface area contributed by atoms with E-state index in [0.717, 1.165) is 16.8 Å². The number of nitrogens with zero attached hydrogens (tertiary/aromatic N) is 5. The fourth-order valence-corrected chi connectivity index (χ4v) is 4.18. The topological polar surface area (TPSA) is 107 Å². The van der Waals surface area contributed by atoms with Crippen molar-refractivity contribution in [1.82, 2.24) is 14.5 Å². The van der Waals surface area contributed by atoms with Crippen LogP contribution in [0, 0.1) is 50.4 Å². The van der Waals surface area contributed by atoms with Crippen molar-refractivity contribution in [3.8, 4) is 12.1 Å². The third kappa shape index (κ3) is 4.76. The van der Waals surface area contributed by atoms with Gasteiger partial charge in [-0.3, -0.25) is 4.79 Å². The lowest BCUT2D eigenvalue weighted by molar-refractivity contribution is -0.113. The number of hydrogen-bond donors (Lipinski definition) is 1. The summed E-state index contributed by atoms with van der Waals surface area (Å²) in [6.07, 6.45) is 0. The van der Waals surface area contributed by atoms with Crippen molar-refractivity contribution in [2.45, 2.75) is 39.3 Å². The Morgan fingerprint density at radius 2 is 1.74 bits per heavy atom. The summed E-state index contributed by atoms with van der Waals surface area (Å²) in [6, 6.07) is 14.2. The number of carbonyl (C=O) groups is 1. The number of benzene rings is 1. The van der Waals surface area contributed by atoms with Gasteiger partial charge in [-0.2, -0.15) is 10.5 Å². The SMILES string of the molecule is Cc1nc(C)c(C#N)c(SCC(=O)Nc2c(C#N)c(C)c(C)n2Cc2ccccc2)n1. The second kappa shape index (κ2) is 9.46. The molecular formula is C23H22N6OS. The predicted molar refractivity (Wildman–Crippen MR) is 120 cm³/mol. The van der Waals surface area contributed by atoms with E-state index in [1.807, 2.05) is 48.7 Å². The van der Waals surface area contributed by atoms with Crippen molar-refractivity contribution in [3.05, 3.63) is 69.8 Å². The van der Waals surface area contributed by atoms with E-state index in [9.17, 15) is 15.3 Å². The van der Waals surface area contributed by atoms with Crippen molar-refractivity contribution in [2.24, 2.45) is 0 Å². The van der Waals surface area contributed by atoms with Gasteiger partial charge in [0.05, 0.1) is 17.0 Å². The van der Waals surface area contributed by atoms with Gasteiger partial charge in [-0.15, -0.1) is 0 Å². The Morgan fingerprint density at radius 1 is 1.06 bits per heavy atom. The summed E-state index contributed by atoms with van der Waals surface area (Å²) in [4.78, 5) is 21.3. The second-order valence-corrected chi connectivity index (χ2v) is 8.07. The van der Waals surface area contributed by atoms with Gasteiger partial charge in [0.15, 0.2) is 0 Å². The molecule has 7 nitrogen and oxygen atoms in total. The molecule has 2 heterocycles. The first-order valence-electron chi connectivity index (χ1n) is 9.67. The lowest BCUT2D eigenvalue weighted by Gasteiger charge is -2.13. The summed E-state index contributed by atoms with van der Waals surface area (Å²) in [5.41, 5.74) is 4.26. The number of carbonyl (C=O) groups excluding carboxylic acids is 1. The van der Waals surface area contributed by atoms with Crippen LogP contribution in [0.2, 0.25) is 0 Å². The molecule has 0 aliphatic carbocycles. The smallest absolute Gasteiger partial charge is 0.235 e. The standard InChI is InChI=1S/C23H22N6OS/c1-14-16(3)29(12-18-8-6-5-7-9-18)22(19(14)10-24)28-21(30)13-31-23-20(11-25)15(2)26-17(4)27-23/h5-9H,12-13H2,1-4H3,(H,28,30). The second-order valence-electron chi connectivity index (χ2n) is 7.10. The highest BCUT2D eigenvalue weighted by Gasteiger charge is 2.20. The van der Waals surface area contributed by atoms with Crippen LogP contribution in [0.5, 0.6) is 0 Å². The first-order chi connectivity index (χ1) is 14.8. The van der Waals surface area contributed by atoms with E-state index in [1.165, 1.54) is 11.8 Å². The number of nitrogens with one attached hydrogen (secondary N) is 1. The van der Waals surface area contributed by atoms with Crippen LogP contribution in [0.15, 0.2) is 35.4 Å². The number of rotatable bonds is 6. The Balaban J connectivity index is 1.84. The fraction of sp³-hybridized carbons (Fsp3) is 0.261. The monoisotopic (exact) mass is 430 g/mol. The summed E-state index contributed by atoms with van der Waals surface area (Å²) in [6.45, 7) is 7.86. The van der Waals surface area contributed by atoms with Crippen molar-refractivity contribution in [3.63, 3.8) is 0 Å². The molecule has 0 unspecified atom stereocenters. The lowest BCUT2D eigenvalue weighted by Crippen LogP contribution is -2.19. The van der Waals surface area contributed by atoms with Crippen LogP contribution in [0.3, 0.4) is 0 Å². The minimum atomic E-state index is -0.272. The molecule has 8 heteroatoms. The maximum absolute atomic E-state index is 12.8. The zero-order valence-electron chi connectivity index (χ0n) is 17.9. The van der Waals surface area contributed by atoms with Crippen LogP contribution in [-0.4, -0.2) is 26.2 Å². The van der Waals surface area contributed by atoms with Crippen LogP contribution in [0.4, 0.5) is 5.82 Å². The molecule has 0 saturated carbocycles. The molecule has 0 bridgehead atoms. The maximum atomic E-state index is 12.8. The van der Waals surface area contributed by atoms with Gasteiger partial charge in [0, 0.05) is 12.2 Å². The summed E-state index contributed by atoms with van der Waals surface area (Å²) in [7, 11) is 0. The molecule has 0 aliphatic heterocycles. The molecule has 1 amide bonds. The van der Waals surface area contributed by atoms with Crippen LogP contribution < -0.4 is 5.32 Å². The van der Waals surface area contributed by atoms with E-state index < -0.39 is 0 Å². The summed E-state index contributed by atoms with van der Waals surface area (Å²) in [5.74, 6) is 0.826. The molecule has 156 valence electrons. The molecular weight excluding hydrogens is 408 g/mol. The van der Waals surface area contributed by atoms with Gasteiger partial charge in [-0.1, -0.05) is 42.1 Å². The number of anilines is 1. The van der Waals surface area contributed by atoms with Crippen LogP contribution in [0.1, 0.15) is 39.5 Å². The minimum absolute atomic E-state index is 0.0596. The lowest BCUT2D eigenvalue weighted by atomic mass is 10.2. The molecule has 0 saturated heterocycles. The normalized spacial score (nSPS) is 10.4. The Morgan fingerprint density at radius 3 is 2.39 bits per heavy atom. The van der Waals surface area contributed by atoms with E-state index in [2.05, 4.69) is 27.4 Å². The molecule has 0 spiro atoms. The molecule has 0 radical (unpaired) electrons. The third-order valence-electron chi connectivity index (χ3n) is 5.00. The number of aryl methyl sites for hydroxylation is 2. The summed E-state index contributed by atoms with van der Waals surface area (Å²) >= 11 is 1.18. The quantitative estimate of drug-likeness (QED) is 0.467. The van der Waals surface area contributed by atoms with Crippen molar-refractivity contribution < 1.29 is 4.79 Å². The molecule has 31 heavy (non-hydrogen) atoms. The molecule has 0 atom stereocenters. The van der Waals surface area contributed by atoms with Gasteiger partial charge in [0.1, 0.15) is 34.4 Å². The molecule has 0 fully saturated rings. The third-order valence-corrected chi connectivity index (χ3v) is 5.98. The number of aromatic nitrogens is 3. The van der Waals surface area contributed by atoms with Crippen molar-refractivity contribution in [2.75, 3.05) is 11.1 Å². The molecule has 1 N–H and O–H groups in total. The van der Waals surface area contributed by atoms with Crippen LogP contribution in [0.25, 0.3) is 0 Å². The van der Waals surface area contributed by atoms with E-state index in [-0.39, 0.29) is 11.7 Å². The van der Waals surface area contributed by atoms with Gasteiger partial charge in [-0.25, -0.2) is 9.97 Å². The average Bonchev–Trinajstić information content (AvgIpc) is 2.96. The molecule has 3 rings (SSSR count). The highest BCUT2D eigenvalue weighted by Crippen LogP contribution is 2.28. The van der Waals surface area contributed by atoms with E-state index in [1.54, 1.807) is 13.8 Å². The Hall–Kier alpha value is -3.62. The van der Waals surface area contributed by atoms with E-state index >= 15 is 0 Å². The Labute approximate surface area is 185 Å². The zero-order valence-corrected chi connectivity index (χ0v) is 18.7. The first kappa shape index (κ1) is 22.1. The zero-order chi connectivity index (χ0) is 22.5. The molecule has 2 aromatic heterocycles. The largest absolute Gasteiger partial charge is 0.326 e. The highest BCUT2D eigenvalue weighted by atomic mass is 32.2. The minimum Gasteiger partial charge on any atom is -0.326 e. The molecule has 0 aliphatic rings. The highest BCUT2D eigenvalue weighted by molar-refractivity contribution is 8.00. The number of amides is 1. The number of thioether (sulfide) groups is 1. The van der Waals surface area contributed by atoms with Gasteiger partial charge < -0.3 is 9.88 Å². The van der Waals surface area contributed by atoms with E-state index in [0.29, 0.717) is 40.0 Å². The van der Waals surface area contributed by atoms with Gasteiger partial charge in [0.2, 0.25) is 5.91 Å². The number of hydrogen-bond acceptors (Lipinski definition) is 6. The summed E-state index contributed by atoms with van der Waals surface area (Å²) < 4.78 is 1.95. The first-order valence-corrected chi connectivity index (χ1v) is 10.7. The van der Waals surface area contributed by atoms with Crippen molar-refractivity contribution >= 4 is 23.5 Å².